The second-order valence-electron chi connectivity index (χ2n) is 14.0. The molecule has 0 aromatic carbocycles. The summed E-state index contributed by atoms with van der Waals surface area (Å²) in [6, 6.07) is 0. The second kappa shape index (κ2) is 6.37. The van der Waals surface area contributed by atoms with Crippen molar-refractivity contribution >= 4 is 5.78 Å². The van der Waals surface area contributed by atoms with Gasteiger partial charge in [-0.2, -0.15) is 0 Å². The van der Waals surface area contributed by atoms with Crippen LogP contribution in [0.3, 0.4) is 0 Å². The zero-order valence-corrected chi connectivity index (χ0v) is 21.0. The highest BCUT2D eigenvalue weighted by atomic mass is 16.3. The first kappa shape index (κ1) is 21.9. The van der Waals surface area contributed by atoms with Crippen LogP contribution in [0.25, 0.3) is 0 Å². The highest BCUT2D eigenvalue weighted by Gasteiger charge is 2.66. The molecule has 0 spiro atoms. The zero-order chi connectivity index (χ0) is 22.6. The van der Waals surface area contributed by atoms with Gasteiger partial charge in [0.2, 0.25) is 0 Å². The molecule has 0 amide bonds. The van der Waals surface area contributed by atoms with Gasteiger partial charge in [0.15, 0.2) is 5.78 Å². The van der Waals surface area contributed by atoms with Crippen LogP contribution in [0.2, 0.25) is 0 Å². The fourth-order valence-electron chi connectivity index (χ4n) is 9.53. The first-order valence-electron chi connectivity index (χ1n) is 12.9. The zero-order valence-electron chi connectivity index (χ0n) is 21.0. The van der Waals surface area contributed by atoms with Crippen LogP contribution in [0.1, 0.15) is 106 Å². The Morgan fingerprint density at radius 2 is 1.58 bits per heavy atom. The maximum Gasteiger partial charge on any atom is 0.160 e. The van der Waals surface area contributed by atoms with Crippen molar-refractivity contribution in [2.45, 2.75) is 112 Å². The largest absolute Gasteiger partial charge is 0.393 e. The van der Waals surface area contributed by atoms with Gasteiger partial charge in [-0.15, -0.1) is 0 Å². The molecule has 2 nitrogen and oxygen atoms in total. The Morgan fingerprint density at radius 3 is 2.29 bits per heavy atom. The Hall–Kier alpha value is -0.890. The van der Waals surface area contributed by atoms with Crippen molar-refractivity contribution in [1.82, 2.24) is 0 Å². The van der Waals surface area contributed by atoms with E-state index >= 15 is 0 Å². The van der Waals surface area contributed by atoms with Crippen molar-refractivity contribution < 1.29 is 9.90 Å². The van der Waals surface area contributed by atoms with Gasteiger partial charge in [0.25, 0.3) is 0 Å². The van der Waals surface area contributed by atoms with Crippen LogP contribution < -0.4 is 0 Å². The lowest BCUT2D eigenvalue weighted by molar-refractivity contribution is -0.195. The number of carbonyl (C=O) groups is 1. The van der Waals surface area contributed by atoms with Crippen LogP contribution in [0.15, 0.2) is 22.8 Å². The normalized spacial score (nSPS) is 48.2. The maximum atomic E-state index is 13.5. The number of hydrogen-bond donors (Lipinski definition) is 1. The first-order valence-corrected chi connectivity index (χ1v) is 12.9. The van der Waals surface area contributed by atoms with Crippen LogP contribution in [0.5, 0.6) is 0 Å². The Bertz CT molecular complexity index is 888. The second-order valence-corrected chi connectivity index (χ2v) is 14.0. The standard InChI is InChI=1S/C29H44O2/c1-25(2)13-10-18-19(16-25)20-8-9-23-27(5)14-12-24(31)26(3,4)22(27)11-15-28(23,6)29(20,7)17-21(18)30/h8,22-24,31H,9-17H2,1-7H3. The summed E-state index contributed by atoms with van der Waals surface area (Å²) in [5, 5.41) is 10.8. The summed E-state index contributed by atoms with van der Waals surface area (Å²) in [7, 11) is 0. The van der Waals surface area contributed by atoms with Gasteiger partial charge in [0.1, 0.15) is 0 Å². The summed E-state index contributed by atoms with van der Waals surface area (Å²) in [6.45, 7) is 16.9. The average molecular weight is 425 g/mol. The molecule has 31 heavy (non-hydrogen) atoms. The molecule has 5 aliphatic carbocycles. The molecule has 5 aliphatic rings. The minimum Gasteiger partial charge on any atom is -0.393 e. The van der Waals surface area contributed by atoms with E-state index in [0.29, 0.717) is 29.5 Å². The van der Waals surface area contributed by atoms with Crippen molar-refractivity contribution in [1.29, 1.82) is 0 Å². The minimum absolute atomic E-state index is 0.0231. The fourth-order valence-corrected chi connectivity index (χ4v) is 9.53. The number of fused-ring (bicyclic) bond motifs is 6. The number of aliphatic hydroxyl groups excluding tert-OH is 1. The molecular formula is C29H44O2. The molecule has 0 radical (unpaired) electrons. The number of Topliss-reactive ketones (excluding diaryl/α,β-unsaturated/α-hetero) is 1. The molecule has 0 aliphatic heterocycles. The van der Waals surface area contributed by atoms with Crippen molar-refractivity contribution in [2.75, 3.05) is 0 Å². The molecule has 1 N–H and O–H groups in total. The molecule has 2 heteroatoms. The summed E-state index contributed by atoms with van der Waals surface area (Å²) >= 11 is 0. The molecule has 2 saturated carbocycles. The van der Waals surface area contributed by atoms with E-state index < -0.39 is 0 Å². The van der Waals surface area contributed by atoms with Crippen LogP contribution >= 0.6 is 0 Å². The van der Waals surface area contributed by atoms with E-state index in [1.54, 1.807) is 5.57 Å². The van der Waals surface area contributed by atoms with Gasteiger partial charge in [-0.1, -0.05) is 54.5 Å². The van der Waals surface area contributed by atoms with E-state index in [1.807, 2.05) is 0 Å². The Balaban J connectivity index is 1.62. The summed E-state index contributed by atoms with van der Waals surface area (Å²) in [4.78, 5) is 13.5. The molecule has 6 unspecified atom stereocenters. The smallest absolute Gasteiger partial charge is 0.160 e. The number of allylic oxidation sites excluding steroid dienone is 4. The van der Waals surface area contributed by atoms with Crippen LogP contribution in [-0.2, 0) is 4.79 Å². The molecule has 0 heterocycles. The number of aliphatic hydroxyl groups is 1. The molecule has 2 fully saturated rings. The third kappa shape index (κ3) is 2.69. The van der Waals surface area contributed by atoms with Crippen LogP contribution in [-0.4, -0.2) is 17.0 Å². The SMILES string of the molecule is CC1(C)CCC2=C(C1)C1=CCC3C4(C)CCC(O)C(C)(C)C4CCC3(C)C1(C)CC2=O. The number of rotatable bonds is 0. The lowest BCUT2D eigenvalue weighted by Gasteiger charge is -2.69. The fraction of sp³-hybridized carbons (Fsp3) is 0.828. The van der Waals surface area contributed by atoms with Gasteiger partial charge in [-0.25, -0.2) is 0 Å². The molecule has 0 saturated heterocycles. The van der Waals surface area contributed by atoms with Crippen molar-refractivity contribution in [3.8, 4) is 0 Å². The summed E-state index contributed by atoms with van der Waals surface area (Å²) in [5.41, 5.74) is 4.77. The van der Waals surface area contributed by atoms with Crippen LogP contribution in [0, 0.1) is 38.9 Å². The lowest BCUT2D eigenvalue weighted by Crippen LogP contribution is -2.63. The highest BCUT2D eigenvalue weighted by molar-refractivity contribution is 5.99. The van der Waals surface area contributed by atoms with E-state index in [1.165, 1.54) is 24.0 Å². The summed E-state index contributed by atoms with van der Waals surface area (Å²) < 4.78 is 0. The minimum atomic E-state index is -0.186. The van der Waals surface area contributed by atoms with Gasteiger partial charge < -0.3 is 5.11 Å². The van der Waals surface area contributed by atoms with E-state index in [-0.39, 0.29) is 27.8 Å². The van der Waals surface area contributed by atoms with Crippen molar-refractivity contribution in [2.24, 2.45) is 38.9 Å². The van der Waals surface area contributed by atoms with Gasteiger partial charge in [0.05, 0.1) is 6.10 Å². The van der Waals surface area contributed by atoms with Gasteiger partial charge in [-0.3, -0.25) is 4.79 Å². The molecule has 0 bridgehead atoms. The number of carbonyl (C=O) groups excluding carboxylic acids is 1. The topological polar surface area (TPSA) is 37.3 Å². The monoisotopic (exact) mass is 424 g/mol. The lowest BCUT2D eigenvalue weighted by atomic mass is 9.35. The number of ketones is 1. The van der Waals surface area contributed by atoms with E-state index in [0.717, 1.165) is 38.5 Å². The van der Waals surface area contributed by atoms with E-state index in [9.17, 15) is 9.90 Å². The first-order chi connectivity index (χ1) is 14.3. The van der Waals surface area contributed by atoms with Gasteiger partial charge >= 0.3 is 0 Å². The van der Waals surface area contributed by atoms with Crippen molar-refractivity contribution in [3.63, 3.8) is 0 Å². The maximum absolute atomic E-state index is 13.5. The summed E-state index contributed by atoms with van der Waals surface area (Å²) in [6.07, 6.45) is 11.8. The predicted molar refractivity (Wildman–Crippen MR) is 127 cm³/mol. The molecule has 0 aromatic rings. The Labute approximate surface area is 190 Å². The predicted octanol–water partition coefficient (Wildman–Crippen LogP) is 7.02. The van der Waals surface area contributed by atoms with Gasteiger partial charge in [-0.05, 0) is 102 Å². The number of hydrogen-bond acceptors (Lipinski definition) is 2. The Morgan fingerprint density at radius 1 is 0.871 bits per heavy atom. The molecule has 6 atom stereocenters. The third-order valence-electron chi connectivity index (χ3n) is 11.7. The quantitative estimate of drug-likeness (QED) is 0.453. The molecule has 172 valence electrons. The molecule has 0 aromatic heterocycles. The molecular weight excluding hydrogens is 380 g/mol. The van der Waals surface area contributed by atoms with E-state index in [4.69, 9.17) is 0 Å². The van der Waals surface area contributed by atoms with E-state index in [2.05, 4.69) is 54.5 Å². The highest BCUT2D eigenvalue weighted by Crippen LogP contribution is 2.73. The van der Waals surface area contributed by atoms with Gasteiger partial charge in [0, 0.05) is 11.8 Å². The summed E-state index contributed by atoms with van der Waals surface area (Å²) in [5.74, 6) is 1.59. The van der Waals surface area contributed by atoms with Crippen LogP contribution in [0.4, 0.5) is 0 Å². The molecule has 5 rings (SSSR count). The Kier molecular flexibility index (Phi) is 4.50. The van der Waals surface area contributed by atoms with Crippen molar-refractivity contribution in [3.05, 3.63) is 22.8 Å². The average Bonchev–Trinajstić information content (AvgIpc) is 2.65. The third-order valence-corrected chi connectivity index (χ3v) is 11.7.